The number of benzene rings is 2. The van der Waals surface area contributed by atoms with Gasteiger partial charge in [-0.3, -0.25) is 5.43 Å². The molecule has 2 rings (SSSR count). The number of anilines is 1. The highest BCUT2D eigenvalue weighted by Gasteiger charge is 2.05. The van der Waals surface area contributed by atoms with Gasteiger partial charge in [-0.05, 0) is 56.2 Å². The average Bonchev–Trinajstić information content (AvgIpc) is 2.61. The van der Waals surface area contributed by atoms with Crippen molar-refractivity contribution < 1.29 is 14.6 Å². The van der Waals surface area contributed by atoms with Crippen LogP contribution in [-0.2, 0) is 4.79 Å². The molecule has 0 spiro atoms. The van der Waals surface area contributed by atoms with Crippen LogP contribution in [0.15, 0.2) is 47.6 Å². The van der Waals surface area contributed by atoms with Gasteiger partial charge in [0.25, 0.3) is 0 Å². The number of nitrogens with zero attached hydrogens (tertiary/aromatic N) is 1. The molecule has 26 heavy (non-hydrogen) atoms. The number of carboxylic acids is 1. The monoisotopic (exact) mass is 371 g/mol. The predicted molar refractivity (Wildman–Crippen MR) is 107 cm³/mol. The van der Waals surface area contributed by atoms with Crippen LogP contribution in [0.1, 0.15) is 23.6 Å². The molecule has 0 amide bonds. The number of aliphatic carboxylic acids is 1. The van der Waals surface area contributed by atoms with Crippen molar-refractivity contribution in [1.82, 2.24) is 5.43 Å². The third-order valence-electron chi connectivity index (χ3n) is 3.66. The van der Waals surface area contributed by atoms with E-state index in [0.29, 0.717) is 16.6 Å². The van der Waals surface area contributed by atoms with Crippen LogP contribution in [0.3, 0.4) is 0 Å². The van der Waals surface area contributed by atoms with E-state index in [1.165, 1.54) is 0 Å². The quantitative estimate of drug-likeness (QED) is 0.410. The fourth-order valence-corrected chi connectivity index (χ4v) is 2.46. The lowest BCUT2D eigenvalue weighted by atomic mass is 10.1. The number of carboxylic acid groups (broad SMARTS) is 1. The molecule has 0 bridgehead atoms. The summed E-state index contributed by atoms with van der Waals surface area (Å²) in [5, 5.41) is 16.5. The zero-order valence-corrected chi connectivity index (χ0v) is 15.7. The van der Waals surface area contributed by atoms with Gasteiger partial charge in [0.1, 0.15) is 5.75 Å². The molecule has 0 fully saturated rings. The first-order valence-electron chi connectivity index (χ1n) is 7.99. The number of hydrazone groups is 1. The lowest BCUT2D eigenvalue weighted by Crippen LogP contribution is -2.25. The zero-order chi connectivity index (χ0) is 19.1. The van der Waals surface area contributed by atoms with E-state index in [4.69, 9.17) is 22.1 Å². The molecule has 0 atom stereocenters. The normalized spacial score (nSPS) is 11.0. The maximum Gasteiger partial charge on any atom is 0.341 e. The number of thiocarbonyl (C=S) groups is 1. The van der Waals surface area contributed by atoms with Crippen LogP contribution >= 0.6 is 12.2 Å². The van der Waals surface area contributed by atoms with Crippen molar-refractivity contribution in [3.8, 4) is 5.75 Å². The Kier molecular flexibility index (Phi) is 6.68. The number of carbonyl (C=O) groups is 1. The molecule has 0 aliphatic carbocycles. The molecule has 0 unspecified atom stereocenters. The van der Waals surface area contributed by atoms with E-state index in [1.54, 1.807) is 18.2 Å². The van der Waals surface area contributed by atoms with Crippen LogP contribution in [0.4, 0.5) is 5.69 Å². The molecule has 0 aromatic heterocycles. The molecule has 0 radical (unpaired) electrons. The molecule has 0 saturated carbocycles. The van der Waals surface area contributed by atoms with Crippen molar-refractivity contribution in [2.24, 2.45) is 5.10 Å². The van der Waals surface area contributed by atoms with Gasteiger partial charge in [-0.2, -0.15) is 5.10 Å². The highest BCUT2D eigenvalue weighted by molar-refractivity contribution is 7.80. The lowest BCUT2D eigenvalue weighted by molar-refractivity contribution is -0.139. The molecule has 0 aliphatic heterocycles. The summed E-state index contributed by atoms with van der Waals surface area (Å²) >= 11 is 5.30. The molecule has 2 aromatic rings. The van der Waals surface area contributed by atoms with Crippen molar-refractivity contribution in [1.29, 1.82) is 0 Å². The molecule has 136 valence electrons. The zero-order valence-electron chi connectivity index (χ0n) is 14.9. The maximum absolute atomic E-state index is 10.6. The summed E-state index contributed by atoms with van der Waals surface area (Å²) in [6.07, 6.45) is 0. The van der Waals surface area contributed by atoms with E-state index in [2.05, 4.69) is 15.8 Å². The summed E-state index contributed by atoms with van der Waals surface area (Å²) in [6.45, 7) is 5.46. The Balaban J connectivity index is 2.02. The lowest BCUT2D eigenvalue weighted by Gasteiger charge is -2.13. The first kappa shape index (κ1) is 19.4. The fraction of sp³-hybridized carbons (Fsp3) is 0.211. The summed E-state index contributed by atoms with van der Waals surface area (Å²) in [6, 6.07) is 13.1. The Morgan fingerprint density at radius 1 is 1.19 bits per heavy atom. The SMILES string of the molecule is C/C(=N/NC(=S)Nc1c(C)cccc1C)c1cccc(OCC(=O)O)c1. The largest absolute Gasteiger partial charge is 0.482 e. The molecule has 0 saturated heterocycles. The topological polar surface area (TPSA) is 83.0 Å². The van der Waals surface area contributed by atoms with Gasteiger partial charge in [0.2, 0.25) is 0 Å². The standard InChI is InChI=1S/C19H21N3O3S/c1-12-6-4-7-13(2)18(12)20-19(26)22-21-14(3)15-8-5-9-16(10-15)25-11-17(23)24/h4-10H,11H2,1-3H3,(H,23,24)(H2,20,22,26)/b21-14-. The van der Waals surface area contributed by atoms with E-state index >= 15 is 0 Å². The minimum absolute atomic E-state index is 0.387. The Bertz CT molecular complexity index is 829. The summed E-state index contributed by atoms with van der Waals surface area (Å²) < 4.78 is 5.18. The number of ether oxygens (including phenoxy) is 1. The van der Waals surface area contributed by atoms with Gasteiger partial charge in [-0.1, -0.05) is 30.3 Å². The third kappa shape index (κ3) is 5.56. The fourth-order valence-electron chi connectivity index (χ4n) is 2.31. The van der Waals surface area contributed by atoms with Crippen molar-refractivity contribution in [2.45, 2.75) is 20.8 Å². The van der Waals surface area contributed by atoms with Crippen molar-refractivity contribution in [3.63, 3.8) is 0 Å². The first-order valence-corrected chi connectivity index (χ1v) is 8.40. The van der Waals surface area contributed by atoms with Gasteiger partial charge in [0.15, 0.2) is 11.7 Å². The Morgan fingerprint density at radius 3 is 2.50 bits per heavy atom. The van der Waals surface area contributed by atoms with Crippen LogP contribution in [0.2, 0.25) is 0 Å². The van der Waals surface area contributed by atoms with Crippen LogP contribution in [0, 0.1) is 13.8 Å². The van der Waals surface area contributed by atoms with Crippen LogP contribution < -0.4 is 15.5 Å². The number of aryl methyl sites for hydroxylation is 2. The van der Waals surface area contributed by atoms with Gasteiger partial charge < -0.3 is 15.2 Å². The van der Waals surface area contributed by atoms with Gasteiger partial charge in [-0.15, -0.1) is 0 Å². The summed E-state index contributed by atoms with van der Waals surface area (Å²) in [5.41, 5.74) is 7.47. The summed E-state index contributed by atoms with van der Waals surface area (Å²) in [5.74, 6) is -0.555. The summed E-state index contributed by atoms with van der Waals surface area (Å²) in [7, 11) is 0. The van der Waals surface area contributed by atoms with E-state index in [9.17, 15) is 4.79 Å². The molecule has 3 N–H and O–H groups in total. The third-order valence-corrected chi connectivity index (χ3v) is 3.85. The van der Waals surface area contributed by atoms with Gasteiger partial charge in [0.05, 0.1) is 5.71 Å². The number of nitrogens with one attached hydrogen (secondary N) is 2. The highest BCUT2D eigenvalue weighted by atomic mass is 32.1. The van der Waals surface area contributed by atoms with Gasteiger partial charge in [0, 0.05) is 11.3 Å². The second kappa shape index (κ2) is 8.96. The average molecular weight is 371 g/mol. The number of para-hydroxylation sites is 1. The van der Waals surface area contributed by atoms with Crippen LogP contribution in [0.25, 0.3) is 0 Å². The minimum atomic E-state index is -1.02. The molecular weight excluding hydrogens is 350 g/mol. The van der Waals surface area contributed by atoms with Crippen molar-refractivity contribution in [2.75, 3.05) is 11.9 Å². The first-order chi connectivity index (χ1) is 12.4. The van der Waals surface area contributed by atoms with E-state index < -0.39 is 5.97 Å². The Hall–Kier alpha value is -2.93. The van der Waals surface area contributed by atoms with Gasteiger partial charge >= 0.3 is 5.97 Å². The van der Waals surface area contributed by atoms with E-state index in [1.807, 2.05) is 45.0 Å². The predicted octanol–water partition coefficient (Wildman–Crippen LogP) is 3.48. The van der Waals surface area contributed by atoms with Gasteiger partial charge in [-0.25, -0.2) is 4.79 Å². The van der Waals surface area contributed by atoms with Crippen molar-refractivity contribution >= 4 is 34.7 Å². The second-order valence-electron chi connectivity index (χ2n) is 5.74. The van der Waals surface area contributed by atoms with E-state index in [-0.39, 0.29) is 6.61 Å². The minimum Gasteiger partial charge on any atom is -0.482 e. The number of hydrogen-bond acceptors (Lipinski definition) is 4. The smallest absolute Gasteiger partial charge is 0.341 e. The maximum atomic E-state index is 10.6. The molecule has 6 nitrogen and oxygen atoms in total. The molecule has 2 aromatic carbocycles. The molecule has 7 heteroatoms. The second-order valence-corrected chi connectivity index (χ2v) is 6.15. The van der Waals surface area contributed by atoms with E-state index in [0.717, 1.165) is 22.4 Å². The highest BCUT2D eigenvalue weighted by Crippen LogP contribution is 2.19. The molecule has 0 aliphatic rings. The number of hydrogen-bond donors (Lipinski definition) is 3. The Morgan fingerprint density at radius 2 is 1.85 bits per heavy atom. The molecule has 0 heterocycles. The summed E-state index contributed by atoms with van der Waals surface area (Å²) in [4.78, 5) is 10.6. The number of rotatable bonds is 6. The Labute approximate surface area is 157 Å². The van der Waals surface area contributed by atoms with Crippen molar-refractivity contribution in [3.05, 3.63) is 59.2 Å². The molecular formula is C19H21N3O3S. The van der Waals surface area contributed by atoms with Crippen LogP contribution in [-0.4, -0.2) is 28.5 Å². The van der Waals surface area contributed by atoms with Crippen LogP contribution in [0.5, 0.6) is 5.75 Å².